The standard InChI is InChI=1S/C14H29N3O2/c1-11(2)16-12(18)7-6-8-13(19)17(5)10-14(3,4)9-15/h11H,6-10,15H2,1-5H3,(H,16,18). The number of carbonyl (C=O) groups is 2. The number of hydrogen-bond acceptors (Lipinski definition) is 3. The molecular formula is C14H29N3O2. The van der Waals surface area contributed by atoms with Crippen molar-refractivity contribution in [3.8, 4) is 0 Å². The first-order valence-corrected chi connectivity index (χ1v) is 6.91. The van der Waals surface area contributed by atoms with Gasteiger partial charge in [0.15, 0.2) is 0 Å². The van der Waals surface area contributed by atoms with Gasteiger partial charge in [-0.3, -0.25) is 9.59 Å². The number of nitrogens with one attached hydrogen (secondary N) is 1. The van der Waals surface area contributed by atoms with Gasteiger partial charge < -0.3 is 16.0 Å². The van der Waals surface area contributed by atoms with Crippen molar-refractivity contribution < 1.29 is 9.59 Å². The van der Waals surface area contributed by atoms with Crippen LogP contribution in [0.4, 0.5) is 0 Å². The molecule has 5 heteroatoms. The molecule has 5 nitrogen and oxygen atoms in total. The summed E-state index contributed by atoms with van der Waals surface area (Å²) in [6, 6.07) is 0.149. The summed E-state index contributed by atoms with van der Waals surface area (Å²) in [5.74, 6) is 0.0756. The normalized spacial score (nSPS) is 11.5. The molecule has 0 aliphatic rings. The smallest absolute Gasteiger partial charge is 0.222 e. The second kappa shape index (κ2) is 8.15. The first-order valence-electron chi connectivity index (χ1n) is 6.91. The van der Waals surface area contributed by atoms with Crippen LogP contribution in [0.2, 0.25) is 0 Å². The van der Waals surface area contributed by atoms with E-state index < -0.39 is 0 Å². The highest BCUT2D eigenvalue weighted by molar-refractivity contribution is 5.78. The molecule has 0 aliphatic heterocycles. The zero-order valence-corrected chi connectivity index (χ0v) is 13.0. The van der Waals surface area contributed by atoms with Crippen LogP contribution < -0.4 is 11.1 Å². The highest BCUT2D eigenvalue weighted by Gasteiger charge is 2.20. The van der Waals surface area contributed by atoms with E-state index in [4.69, 9.17) is 5.73 Å². The highest BCUT2D eigenvalue weighted by Crippen LogP contribution is 2.14. The molecule has 0 rings (SSSR count). The van der Waals surface area contributed by atoms with Crippen molar-refractivity contribution in [3.05, 3.63) is 0 Å². The Balaban J connectivity index is 3.95. The molecule has 2 amide bonds. The summed E-state index contributed by atoms with van der Waals surface area (Å²) in [5, 5.41) is 2.81. The maximum atomic E-state index is 11.9. The first-order chi connectivity index (χ1) is 8.68. The van der Waals surface area contributed by atoms with Gasteiger partial charge >= 0.3 is 0 Å². The lowest BCUT2D eigenvalue weighted by Gasteiger charge is -2.29. The van der Waals surface area contributed by atoms with Crippen LogP contribution >= 0.6 is 0 Å². The van der Waals surface area contributed by atoms with Crippen LogP contribution in [0.3, 0.4) is 0 Å². The van der Waals surface area contributed by atoms with Crippen LogP contribution in [0.15, 0.2) is 0 Å². The van der Waals surface area contributed by atoms with Crippen molar-refractivity contribution in [1.82, 2.24) is 10.2 Å². The maximum absolute atomic E-state index is 11.9. The van der Waals surface area contributed by atoms with E-state index in [1.165, 1.54) is 0 Å². The first kappa shape index (κ1) is 17.9. The molecule has 0 fully saturated rings. The SMILES string of the molecule is CC(C)NC(=O)CCCC(=O)N(C)CC(C)(C)CN. The zero-order chi connectivity index (χ0) is 15.1. The van der Waals surface area contributed by atoms with Gasteiger partial charge in [0.05, 0.1) is 0 Å². The number of carbonyl (C=O) groups excluding carboxylic acids is 2. The Bertz CT molecular complexity index is 301. The summed E-state index contributed by atoms with van der Waals surface area (Å²) in [4.78, 5) is 25.0. The fraction of sp³-hybridized carbons (Fsp3) is 0.857. The van der Waals surface area contributed by atoms with E-state index in [1.807, 2.05) is 27.7 Å². The Labute approximate surface area is 116 Å². The Morgan fingerprint density at radius 1 is 1.26 bits per heavy atom. The molecule has 112 valence electrons. The Hall–Kier alpha value is -1.10. The summed E-state index contributed by atoms with van der Waals surface area (Å²) in [6.45, 7) is 9.10. The molecule has 0 aliphatic carbocycles. The molecule has 0 aromatic heterocycles. The number of nitrogens with two attached hydrogens (primary N) is 1. The third kappa shape index (κ3) is 8.59. The average Bonchev–Trinajstić information content (AvgIpc) is 2.27. The summed E-state index contributed by atoms with van der Waals surface area (Å²) in [5.41, 5.74) is 5.58. The van der Waals surface area contributed by atoms with E-state index in [1.54, 1.807) is 11.9 Å². The largest absolute Gasteiger partial charge is 0.354 e. The number of amides is 2. The lowest BCUT2D eigenvalue weighted by Crippen LogP contribution is -2.39. The van der Waals surface area contributed by atoms with E-state index >= 15 is 0 Å². The van der Waals surface area contributed by atoms with Crippen molar-refractivity contribution >= 4 is 11.8 Å². The lowest BCUT2D eigenvalue weighted by atomic mass is 9.93. The third-order valence-corrected chi connectivity index (χ3v) is 2.89. The fourth-order valence-electron chi connectivity index (χ4n) is 1.78. The van der Waals surface area contributed by atoms with Crippen LogP contribution in [0.5, 0.6) is 0 Å². The predicted octanol–water partition coefficient (Wildman–Crippen LogP) is 1.12. The minimum absolute atomic E-state index is 0.00717. The third-order valence-electron chi connectivity index (χ3n) is 2.89. The van der Waals surface area contributed by atoms with Gasteiger partial charge in [0.25, 0.3) is 0 Å². The second-order valence-corrected chi connectivity index (χ2v) is 6.19. The maximum Gasteiger partial charge on any atom is 0.222 e. The lowest BCUT2D eigenvalue weighted by molar-refractivity contribution is -0.131. The van der Waals surface area contributed by atoms with Crippen molar-refractivity contribution in [3.63, 3.8) is 0 Å². The van der Waals surface area contributed by atoms with Crippen molar-refractivity contribution in [2.75, 3.05) is 20.1 Å². The summed E-state index contributed by atoms with van der Waals surface area (Å²) < 4.78 is 0. The summed E-state index contributed by atoms with van der Waals surface area (Å²) >= 11 is 0. The Morgan fingerprint density at radius 2 is 1.84 bits per heavy atom. The summed E-state index contributed by atoms with van der Waals surface area (Å²) in [7, 11) is 1.79. The quantitative estimate of drug-likeness (QED) is 0.695. The Kier molecular flexibility index (Phi) is 7.68. The van der Waals surface area contributed by atoms with E-state index in [0.717, 1.165) is 0 Å². The van der Waals surface area contributed by atoms with Crippen molar-refractivity contribution in [1.29, 1.82) is 0 Å². The van der Waals surface area contributed by atoms with Crippen molar-refractivity contribution in [2.24, 2.45) is 11.1 Å². The molecule has 19 heavy (non-hydrogen) atoms. The minimum Gasteiger partial charge on any atom is -0.354 e. The van der Waals surface area contributed by atoms with Crippen LogP contribution in [-0.4, -0.2) is 42.9 Å². The Morgan fingerprint density at radius 3 is 2.32 bits per heavy atom. The molecule has 0 aromatic carbocycles. The molecule has 0 saturated heterocycles. The van der Waals surface area contributed by atoms with Gasteiger partial charge in [-0.2, -0.15) is 0 Å². The highest BCUT2D eigenvalue weighted by atomic mass is 16.2. The second-order valence-electron chi connectivity index (χ2n) is 6.19. The van der Waals surface area contributed by atoms with Gasteiger partial charge in [0.2, 0.25) is 11.8 Å². The van der Waals surface area contributed by atoms with Crippen molar-refractivity contribution in [2.45, 2.75) is 53.0 Å². The monoisotopic (exact) mass is 271 g/mol. The molecule has 0 bridgehead atoms. The molecule has 0 aromatic rings. The van der Waals surface area contributed by atoms with E-state index in [2.05, 4.69) is 5.32 Å². The molecule has 3 N–H and O–H groups in total. The molecule has 0 atom stereocenters. The van der Waals surface area contributed by atoms with E-state index in [0.29, 0.717) is 32.4 Å². The topological polar surface area (TPSA) is 75.4 Å². The van der Waals surface area contributed by atoms with Crippen LogP contribution in [0, 0.1) is 5.41 Å². The molecule has 0 heterocycles. The van der Waals surface area contributed by atoms with Gasteiger partial charge in [-0.15, -0.1) is 0 Å². The van der Waals surface area contributed by atoms with Gasteiger partial charge in [-0.1, -0.05) is 13.8 Å². The average molecular weight is 271 g/mol. The summed E-state index contributed by atoms with van der Waals surface area (Å²) in [6.07, 6.45) is 1.39. The van der Waals surface area contributed by atoms with Crippen LogP contribution in [-0.2, 0) is 9.59 Å². The number of rotatable bonds is 8. The van der Waals surface area contributed by atoms with Gasteiger partial charge in [0.1, 0.15) is 0 Å². The van der Waals surface area contributed by atoms with Crippen LogP contribution in [0.1, 0.15) is 47.0 Å². The predicted molar refractivity (Wildman–Crippen MR) is 77.6 cm³/mol. The fourth-order valence-corrected chi connectivity index (χ4v) is 1.78. The zero-order valence-electron chi connectivity index (χ0n) is 13.0. The number of hydrogen-bond donors (Lipinski definition) is 2. The van der Waals surface area contributed by atoms with Gasteiger partial charge in [-0.05, 0) is 32.2 Å². The van der Waals surface area contributed by atoms with Gasteiger partial charge in [-0.25, -0.2) is 0 Å². The van der Waals surface area contributed by atoms with E-state index in [9.17, 15) is 9.59 Å². The minimum atomic E-state index is -0.0700. The molecular weight excluding hydrogens is 242 g/mol. The molecule has 0 radical (unpaired) electrons. The molecule has 0 spiro atoms. The van der Waals surface area contributed by atoms with E-state index in [-0.39, 0.29) is 23.3 Å². The molecule has 0 saturated carbocycles. The number of nitrogens with zero attached hydrogens (tertiary/aromatic N) is 1. The van der Waals surface area contributed by atoms with Gasteiger partial charge in [0, 0.05) is 32.5 Å². The molecule has 0 unspecified atom stereocenters. The van der Waals surface area contributed by atoms with Crippen LogP contribution in [0.25, 0.3) is 0 Å².